The van der Waals surface area contributed by atoms with Crippen molar-refractivity contribution in [3.8, 4) is 0 Å². The molecule has 0 aliphatic carbocycles. The van der Waals surface area contributed by atoms with Crippen molar-refractivity contribution in [2.24, 2.45) is 0 Å². The molecule has 0 fully saturated rings. The van der Waals surface area contributed by atoms with Crippen molar-refractivity contribution in [3.63, 3.8) is 0 Å². The van der Waals surface area contributed by atoms with Crippen molar-refractivity contribution in [1.29, 1.82) is 0 Å². The SMILES string of the molecule is CCCCCCCCCC(=O)CN(CCN(CCN(CC(=O)O)CC(=O)NCCCCCCCC)CC(=O)O)CC(=O)O. The van der Waals surface area contributed by atoms with Gasteiger partial charge in [0.1, 0.15) is 5.78 Å². The Morgan fingerprint density at radius 2 is 0.884 bits per heavy atom. The van der Waals surface area contributed by atoms with Crippen molar-refractivity contribution < 1.29 is 39.3 Å². The molecule has 0 rings (SSSR count). The number of carbonyl (C=O) groups excluding carboxylic acids is 2. The van der Waals surface area contributed by atoms with Crippen LogP contribution >= 0.6 is 0 Å². The predicted molar refractivity (Wildman–Crippen MR) is 166 cm³/mol. The van der Waals surface area contributed by atoms with Crippen LogP contribution in [-0.4, -0.2) is 125 Å². The van der Waals surface area contributed by atoms with Gasteiger partial charge in [0.25, 0.3) is 0 Å². The van der Waals surface area contributed by atoms with Crippen LogP contribution in [0.15, 0.2) is 0 Å². The van der Waals surface area contributed by atoms with E-state index < -0.39 is 17.9 Å². The molecule has 0 radical (unpaired) electrons. The number of carboxylic acids is 3. The zero-order chi connectivity index (χ0) is 32.3. The summed E-state index contributed by atoms with van der Waals surface area (Å²) >= 11 is 0. The number of aliphatic carboxylic acids is 3. The van der Waals surface area contributed by atoms with Crippen molar-refractivity contribution in [2.75, 3.05) is 65.4 Å². The second-order valence-electron chi connectivity index (χ2n) is 11.4. The Labute approximate surface area is 258 Å². The first kappa shape index (κ1) is 40.4. The molecule has 0 aromatic rings. The fraction of sp³-hybridized carbons (Fsp3) is 0.839. The zero-order valence-electron chi connectivity index (χ0n) is 26.7. The molecule has 12 heteroatoms. The topological polar surface area (TPSA) is 168 Å². The summed E-state index contributed by atoms with van der Waals surface area (Å²) in [5.74, 6) is -3.58. The van der Waals surface area contributed by atoms with Crippen LogP contribution in [0.4, 0.5) is 0 Å². The van der Waals surface area contributed by atoms with E-state index in [2.05, 4.69) is 19.2 Å². The lowest BCUT2D eigenvalue weighted by atomic mass is 10.1. The lowest BCUT2D eigenvalue weighted by Crippen LogP contribution is -2.46. The van der Waals surface area contributed by atoms with Crippen LogP contribution in [0.5, 0.6) is 0 Å². The first-order valence-electron chi connectivity index (χ1n) is 16.2. The molecule has 0 aromatic heterocycles. The molecule has 43 heavy (non-hydrogen) atoms. The molecule has 0 aliphatic heterocycles. The average Bonchev–Trinajstić information content (AvgIpc) is 2.92. The molecule has 0 saturated carbocycles. The molecular formula is C31H58N4O8. The van der Waals surface area contributed by atoms with Gasteiger partial charge in [-0.1, -0.05) is 84.5 Å². The summed E-state index contributed by atoms with van der Waals surface area (Å²) in [4.78, 5) is 63.8. The van der Waals surface area contributed by atoms with E-state index in [9.17, 15) is 39.3 Å². The maximum Gasteiger partial charge on any atom is 0.317 e. The third-order valence-corrected chi connectivity index (χ3v) is 7.22. The Balaban J connectivity index is 4.84. The number of amides is 1. The van der Waals surface area contributed by atoms with E-state index in [-0.39, 0.29) is 70.6 Å². The summed E-state index contributed by atoms with van der Waals surface area (Å²) in [6.07, 6.45) is 14.5. The average molecular weight is 615 g/mol. The summed E-state index contributed by atoms with van der Waals surface area (Å²) in [6, 6.07) is 0. The van der Waals surface area contributed by atoms with Gasteiger partial charge in [-0.25, -0.2) is 0 Å². The monoisotopic (exact) mass is 614 g/mol. The van der Waals surface area contributed by atoms with E-state index in [4.69, 9.17) is 0 Å². The Kier molecular flexibility index (Phi) is 25.4. The minimum Gasteiger partial charge on any atom is -0.480 e. The molecule has 0 atom stereocenters. The second-order valence-corrected chi connectivity index (χ2v) is 11.4. The van der Waals surface area contributed by atoms with Gasteiger partial charge in [0.2, 0.25) is 5.91 Å². The van der Waals surface area contributed by atoms with Crippen LogP contribution in [-0.2, 0) is 24.0 Å². The van der Waals surface area contributed by atoms with Crippen molar-refractivity contribution in [3.05, 3.63) is 0 Å². The predicted octanol–water partition coefficient (Wildman–Crippen LogP) is 3.33. The molecule has 0 saturated heterocycles. The highest BCUT2D eigenvalue weighted by atomic mass is 16.4. The molecule has 0 unspecified atom stereocenters. The van der Waals surface area contributed by atoms with Gasteiger partial charge in [0, 0.05) is 39.1 Å². The van der Waals surface area contributed by atoms with Crippen LogP contribution in [0.2, 0.25) is 0 Å². The molecular weight excluding hydrogens is 556 g/mol. The Morgan fingerprint density at radius 1 is 0.488 bits per heavy atom. The molecule has 0 aromatic carbocycles. The van der Waals surface area contributed by atoms with E-state index in [1.165, 1.54) is 48.3 Å². The number of carbonyl (C=O) groups is 5. The molecule has 1 amide bonds. The second kappa shape index (κ2) is 27.0. The number of ketones is 1. The lowest BCUT2D eigenvalue weighted by molar-refractivity contribution is -0.141. The number of carboxylic acid groups (broad SMARTS) is 3. The molecule has 0 bridgehead atoms. The number of rotatable bonds is 31. The quantitative estimate of drug-likeness (QED) is 0.0846. The standard InChI is InChI=1S/C31H58N4O8/c1-3-5-7-9-11-12-14-16-27(36)22-34(25-30(40)41)20-18-33(24-29(38)39)19-21-35(26-31(42)43)23-28(37)32-17-15-13-10-8-6-4-2/h3-26H2,1-2H3,(H,32,37)(H,38,39)(H,40,41)(H,42,43). The number of nitrogens with zero attached hydrogens (tertiary/aromatic N) is 3. The number of hydrogen-bond donors (Lipinski definition) is 4. The van der Waals surface area contributed by atoms with Gasteiger partial charge < -0.3 is 20.6 Å². The van der Waals surface area contributed by atoms with Gasteiger partial charge in [-0.05, 0) is 12.8 Å². The largest absolute Gasteiger partial charge is 0.480 e. The lowest BCUT2D eigenvalue weighted by Gasteiger charge is -2.28. The molecule has 4 N–H and O–H groups in total. The third-order valence-electron chi connectivity index (χ3n) is 7.22. The molecule has 0 heterocycles. The Hall–Kier alpha value is -2.57. The molecule has 0 aliphatic rings. The first-order valence-corrected chi connectivity index (χ1v) is 16.2. The van der Waals surface area contributed by atoms with E-state index in [0.29, 0.717) is 13.0 Å². The minimum absolute atomic E-state index is 0.0209. The maximum absolute atomic E-state index is 12.5. The highest BCUT2D eigenvalue weighted by Crippen LogP contribution is 2.09. The molecule has 0 spiro atoms. The van der Waals surface area contributed by atoms with Crippen molar-refractivity contribution in [2.45, 2.75) is 104 Å². The number of unbranched alkanes of at least 4 members (excludes halogenated alkanes) is 11. The summed E-state index contributed by atoms with van der Waals surface area (Å²) in [7, 11) is 0. The summed E-state index contributed by atoms with van der Waals surface area (Å²) in [5.41, 5.74) is 0. The minimum atomic E-state index is -1.10. The van der Waals surface area contributed by atoms with Crippen LogP contribution in [0, 0.1) is 0 Å². The number of Topliss-reactive ketones (excluding diaryl/α,β-unsaturated/α-hetero) is 1. The molecule has 250 valence electrons. The van der Waals surface area contributed by atoms with E-state index in [0.717, 1.165) is 44.9 Å². The summed E-state index contributed by atoms with van der Waals surface area (Å²) in [5, 5.41) is 30.9. The van der Waals surface area contributed by atoms with E-state index in [1.807, 2.05) is 0 Å². The van der Waals surface area contributed by atoms with Gasteiger partial charge in [-0.2, -0.15) is 0 Å². The normalized spacial score (nSPS) is 11.4. The van der Waals surface area contributed by atoms with Gasteiger partial charge in [0.15, 0.2) is 0 Å². The van der Waals surface area contributed by atoms with Gasteiger partial charge in [-0.15, -0.1) is 0 Å². The van der Waals surface area contributed by atoms with Gasteiger partial charge in [-0.3, -0.25) is 38.7 Å². The van der Waals surface area contributed by atoms with Gasteiger partial charge >= 0.3 is 17.9 Å². The van der Waals surface area contributed by atoms with Crippen LogP contribution in [0.25, 0.3) is 0 Å². The van der Waals surface area contributed by atoms with Crippen LogP contribution in [0.1, 0.15) is 104 Å². The fourth-order valence-corrected chi connectivity index (χ4v) is 4.84. The highest BCUT2D eigenvalue weighted by molar-refractivity contribution is 5.81. The smallest absolute Gasteiger partial charge is 0.317 e. The van der Waals surface area contributed by atoms with Crippen LogP contribution < -0.4 is 5.32 Å². The molecule has 12 nitrogen and oxygen atoms in total. The Morgan fingerprint density at radius 3 is 1.37 bits per heavy atom. The number of hydrogen-bond acceptors (Lipinski definition) is 8. The van der Waals surface area contributed by atoms with Crippen molar-refractivity contribution in [1.82, 2.24) is 20.0 Å². The van der Waals surface area contributed by atoms with Crippen LogP contribution in [0.3, 0.4) is 0 Å². The number of nitrogens with one attached hydrogen (secondary N) is 1. The highest BCUT2D eigenvalue weighted by Gasteiger charge is 2.19. The third kappa shape index (κ3) is 26.8. The summed E-state index contributed by atoms with van der Waals surface area (Å²) in [6.45, 7) is 4.29. The maximum atomic E-state index is 12.5. The zero-order valence-corrected chi connectivity index (χ0v) is 26.7. The first-order chi connectivity index (χ1) is 20.6. The van der Waals surface area contributed by atoms with Gasteiger partial charge in [0.05, 0.1) is 32.7 Å². The van der Waals surface area contributed by atoms with Crippen molar-refractivity contribution >= 4 is 29.6 Å². The van der Waals surface area contributed by atoms with E-state index in [1.54, 1.807) is 4.90 Å². The van der Waals surface area contributed by atoms with E-state index >= 15 is 0 Å². The summed E-state index contributed by atoms with van der Waals surface area (Å²) < 4.78 is 0. The Bertz CT molecular complexity index is 740. The fourth-order valence-electron chi connectivity index (χ4n) is 4.84.